The van der Waals surface area contributed by atoms with Crippen LogP contribution in [0.3, 0.4) is 0 Å². The van der Waals surface area contributed by atoms with E-state index in [1.165, 1.54) is 4.57 Å². The van der Waals surface area contributed by atoms with Crippen molar-refractivity contribution in [2.75, 3.05) is 0 Å². The molecule has 0 amide bonds. The normalized spacial score (nSPS) is 10.5. The molecule has 0 atom stereocenters. The fourth-order valence-corrected chi connectivity index (χ4v) is 1.29. The molecule has 2 aromatic heterocycles. The highest BCUT2D eigenvalue weighted by molar-refractivity contribution is 5.08. The highest BCUT2D eigenvalue weighted by Crippen LogP contribution is 1.98. The molecule has 0 spiro atoms. The van der Waals surface area contributed by atoms with E-state index in [-0.39, 0.29) is 5.56 Å². The quantitative estimate of drug-likeness (QED) is 0.730. The largest absolute Gasteiger partial charge is 0.337 e. The zero-order valence-corrected chi connectivity index (χ0v) is 8.60. The van der Waals surface area contributed by atoms with Gasteiger partial charge in [-0.3, -0.25) is 4.79 Å². The molecule has 0 N–H and O–H groups in total. The summed E-state index contributed by atoms with van der Waals surface area (Å²) in [5, 5.41) is 3.66. The minimum atomic E-state index is -0.0640. The van der Waals surface area contributed by atoms with Crippen LogP contribution in [0.5, 0.6) is 0 Å². The summed E-state index contributed by atoms with van der Waals surface area (Å²) in [6.45, 7) is 3.94. The summed E-state index contributed by atoms with van der Waals surface area (Å²) in [5.74, 6) is 1.02. The maximum atomic E-state index is 11.5. The van der Waals surface area contributed by atoms with Crippen molar-refractivity contribution >= 4 is 0 Å². The van der Waals surface area contributed by atoms with Gasteiger partial charge in [0.25, 0.3) is 5.56 Å². The highest BCUT2D eigenvalue weighted by atomic mass is 16.5. The smallest absolute Gasteiger partial charge is 0.251 e. The maximum absolute atomic E-state index is 11.5. The zero-order valence-electron chi connectivity index (χ0n) is 8.60. The first-order valence-electron chi connectivity index (χ1n) is 4.61. The van der Waals surface area contributed by atoms with Gasteiger partial charge >= 0.3 is 0 Å². The van der Waals surface area contributed by atoms with Gasteiger partial charge in [-0.1, -0.05) is 5.16 Å². The third-order valence-corrected chi connectivity index (χ3v) is 2.03. The first-order chi connectivity index (χ1) is 7.15. The van der Waals surface area contributed by atoms with Crippen molar-refractivity contribution in [3.63, 3.8) is 0 Å². The number of nitrogens with zero attached hydrogens (tertiary/aromatic N) is 3. The lowest BCUT2D eigenvalue weighted by atomic mass is 10.3. The van der Waals surface area contributed by atoms with Crippen molar-refractivity contribution < 1.29 is 4.52 Å². The molecule has 0 unspecified atom stereocenters. The lowest BCUT2D eigenvalue weighted by molar-refractivity contribution is 0.366. The van der Waals surface area contributed by atoms with E-state index in [1.807, 2.05) is 13.0 Å². The van der Waals surface area contributed by atoms with E-state index >= 15 is 0 Å². The van der Waals surface area contributed by atoms with E-state index in [4.69, 9.17) is 4.52 Å². The molecule has 78 valence electrons. The van der Waals surface area contributed by atoms with Gasteiger partial charge in [0.2, 0.25) is 5.89 Å². The summed E-state index contributed by atoms with van der Waals surface area (Å²) in [6.07, 6.45) is 1.72. The molecule has 0 aliphatic heterocycles. The van der Waals surface area contributed by atoms with Crippen LogP contribution in [0.4, 0.5) is 0 Å². The van der Waals surface area contributed by atoms with Crippen LogP contribution in [0.2, 0.25) is 0 Å². The summed E-state index contributed by atoms with van der Waals surface area (Å²) in [7, 11) is 0. The molecular formula is C10H11N3O2. The first-order valence-corrected chi connectivity index (χ1v) is 4.61. The molecule has 0 aliphatic carbocycles. The van der Waals surface area contributed by atoms with Crippen molar-refractivity contribution in [3.05, 3.63) is 46.0 Å². The fraction of sp³-hybridized carbons (Fsp3) is 0.300. The molecule has 0 saturated heterocycles. The van der Waals surface area contributed by atoms with Crippen molar-refractivity contribution in [2.45, 2.75) is 20.4 Å². The molecule has 0 aromatic carbocycles. The summed E-state index contributed by atoms with van der Waals surface area (Å²) >= 11 is 0. The summed E-state index contributed by atoms with van der Waals surface area (Å²) in [6, 6.07) is 3.44. The Bertz CT molecular complexity index is 527. The average Bonchev–Trinajstić information content (AvgIpc) is 2.56. The molecular weight excluding hydrogens is 194 g/mol. The summed E-state index contributed by atoms with van der Waals surface area (Å²) < 4.78 is 6.46. The van der Waals surface area contributed by atoms with Crippen LogP contribution in [0.15, 0.2) is 27.6 Å². The van der Waals surface area contributed by atoms with E-state index in [0.717, 1.165) is 5.56 Å². The van der Waals surface area contributed by atoms with Crippen LogP contribution in [0, 0.1) is 13.8 Å². The monoisotopic (exact) mass is 205 g/mol. The van der Waals surface area contributed by atoms with Crippen LogP contribution >= 0.6 is 0 Å². The zero-order chi connectivity index (χ0) is 10.8. The third kappa shape index (κ3) is 2.12. The van der Waals surface area contributed by atoms with Crippen molar-refractivity contribution in [2.24, 2.45) is 0 Å². The Morgan fingerprint density at radius 1 is 1.47 bits per heavy atom. The van der Waals surface area contributed by atoms with Crippen LogP contribution in [0.1, 0.15) is 17.3 Å². The Labute approximate surface area is 86.4 Å². The van der Waals surface area contributed by atoms with Gasteiger partial charge in [-0.25, -0.2) is 0 Å². The van der Waals surface area contributed by atoms with E-state index in [0.29, 0.717) is 18.3 Å². The van der Waals surface area contributed by atoms with Crippen LogP contribution in [-0.2, 0) is 6.54 Å². The Hall–Kier alpha value is -1.91. The predicted molar refractivity (Wildman–Crippen MR) is 53.6 cm³/mol. The van der Waals surface area contributed by atoms with Gasteiger partial charge in [-0.15, -0.1) is 0 Å². The molecule has 5 heteroatoms. The van der Waals surface area contributed by atoms with Crippen molar-refractivity contribution in [3.8, 4) is 0 Å². The second kappa shape index (κ2) is 3.68. The summed E-state index contributed by atoms with van der Waals surface area (Å²) in [5.41, 5.74) is 0.879. The van der Waals surface area contributed by atoms with Gasteiger partial charge in [0.15, 0.2) is 5.82 Å². The number of pyridine rings is 1. The van der Waals surface area contributed by atoms with Gasteiger partial charge in [-0.2, -0.15) is 4.98 Å². The number of rotatable bonds is 2. The average molecular weight is 205 g/mol. The van der Waals surface area contributed by atoms with Crippen LogP contribution in [0.25, 0.3) is 0 Å². The van der Waals surface area contributed by atoms with Gasteiger partial charge in [-0.05, 0) is 25.5 Å². The van der Waals surface area contributed by atoms with Gasteiger partial charge < -0.3 is 9.09 Å². The number of aromatic nitrogens is 3. The molecule has 0 bridgehead atoms. The number of hydrogen-bond donors (Lipinski definition) is 0. The molecule has 2 heterocycles. The topological polar surface area (TPSA) is 60.9 Å². The number of hydrogen-bond acceptors (Lipinski definition) is 4. The second-order valence-corrected chi connectivity index (χ2v) is 3.41. The Kier molecular flexibility index (Phi) is 2.37. The Morgan fingerprint density at radius 2 is 2.27 bits per heavy atom. The van der Waals surface area contributed by atoms with E-state index in [2.05, 4.69) is 10.1 Å². The van der Waals surface area contributed by atoms with E-state index in [9.17, 15) is 4.79 Å². The standard InChI is InChI=1S/C10H11N3O2/c1-7-3-4-13(10(14)5-7)6-9-11-8(2)12-15-9/h3-5H,6H2,1-2H3. The molecule has 0 saturated carbocycles. The minimum Gasteiger partial charge on any atom is -0.337 e. The third-order valence-electron chi connectivity index (χ3n) is 2.03. The van der Waals surface area contributed by atoms with Crippen LogP contribution in [-0.4, -0.2) is 14.7 Å². The molecule has 2 aromatic rings. The lowest BCUT2D eigenvalue weighted by Crippen LogP contribution is -2.19. The van der Waals surface area contributed by atoms with Gasteiger partial charge in [0.1, 0.15) is 6.54 Å². The lowest BCUT2D eigenvalue weighted by Gasteiger charge is -2.01. The molecule has 2 rings (SSSR count). The summed E-state index contributed by atoms with van der Waals surface area (Å²) in [4.78, 5) is 15.6. The molecule has 5 nitrogen and oxygen atoms in total. The molecule has 15 heavy (non-hydrogen) atoms. The predicted octanol–water partition coefficient (Wildman–Crippen LogP) is 0.896. The second-order valence-electron chi connectivity index (χ2n) is 3.41. The molecule has 0 radical (unpaired) electrons. The SMILES string of the molecule is Cc1ccn(Cc2nc(C)no2)c(=O)c1. The van der Waals surface area contributed by atoms with Gasteiger partial charge in [0.05, 0.1) is 0 Å². The number of aryl methyl sites for hydroxylation is 2. The van der Waals surface area contributed by atoms with Crippen LogP contribution < -0.4 is 5.56 Å². The maximum Gasteiger partial charge on any atom is 0.251 e. The van der Waals surface area contributed by atoms with E-state index < -0.39 is 0 Å². The molecule has 0 aliphatic rings. The minimum absolute atomic E-state index is 0.0640. The molecule has 0 fully saturated rings. The fourth-order valence-electron chi connectivity index (χ4n) is 1.29. The van der Waals surface area contributed by atoms with E-state index in [1.54, 1.807) is 19.2 Å². The van der Waals surface area contributed by atoms with Crippen molar-refractivity contribution in [1.82, 2.24) is 14.7 Å². The first kappa shape index (κ1) is 9.64. The van der Waals surface area contributed by atoms with Gasteiger partial charge in [0, 0.05) is 12.3 Å². The highest BCUT2D eigenvalue weighted by Gasteiger charge is 2.04. The Balaban J connectivity index is 2.28. The Morgan fingerprint density at radius 3 is 2.87 bits per heavy atom. The van der Waals surface area contributed by atoms with Crippen molar-refractivity contribution in [1.29, 1.82) is 0 Å².